The van der Waals surface area contributed by atoms with E-state index in [1.54, 1.807) is 0 Å². The molecule has 2 fully saturated rings. The zero-order valence-corrected chi connectivity index (χ0v) is 22.3. The number of aryl methyl sites for hydroxylation is 1. The van der Waals surface area contributed by atoms with Crippen LogP contribution in [0.15, 0.2) is 35.9 Å². The summed E-state index contributed by atoms with van der Waals surface area (Å²) < 4.78 is 0. The molecular weight excluding hydrogens is 458 g/mol. The number of aliphatic hydroxyl groups excluding tert-OH is 1. The van der Waals surface area contributed by atoms with Gasteiger partial charge < -0.3 is 14.9 Å². The number of aliphatic hydroxyl groups is 1. The molecule has 0 amide bonds. The Hall–Kier alpha value is -2.94. The molecule has 2 heterocycles. The molecule has 0 unspecified atom stereocenters. The second kappa shape index (κ2) is 9.11. The van der Waals surface area contributed by atoms with Crippen molar-refractivity contribution in [2.75, 3.05) is 31.1 Å². The third-order valence-electron chi connectivity index (χ3n) is 9.49. The average molecular weight is 496 g/mol. The van der Waals surface area contributed by atoms with Crippen molar-refractivity contribution in [2.45, 2.75) is 76.9 Å². The van der Waals surface area contributed by atoms with Crippen LogP contribution in [0.2, 0.25) is 0 Å². The topological polar surface area (TPSA) is 67.6 Å². The third-order valence-corrected chi connectivity index (χ3v) is 9.49. The van der Waals surface area contributed by atoms with Crippen LogP contribution in [-0.4, -0.2) is 54.1 Å². The number of Topliss-reactive ketones (excluding diaryl/α,β-unsaturated/α-hetero) is 1. The van der Waals surface area contributed by atoms with E-state index in [-0.39, 0.29) is 17.3 Å². The van der Waals surface area contributed by atoms with E-state index < -0.39 is 0 Å². The van der Waals surface area contributed by atoms with Crippen molar-refractivity contribution < 1.29 is 9.90 Å². The van der Waals surface area contributed by atoms with Crippen molar-refractivity contribution in [2.24, 2.45) is 0 Å². The van der Waals surface area contributed by atoms with E-state index >= 15 is 0 Å². The fourth-order valence-electron chi connectivity index (χ4n) is 7.22. The molecule has 0 bridgehead atoms. The number of likely N-dealkylation sites (tertiary alicyclic amines) is 1. The lowest BCUT2D eigenvalue weighted by molar-refractivity contribution is 0.0542. The van der Waals surface area contributed by atoms with Gasteiger partial charge in [0.15, 0.2) is 5.78 Å². The van der Waals surface area contributed by atoms with E-state index in [0.717, 1.165) is 92.5 Å². The fourth-order valence-corrected chi connectivity index (χ4v) is 7.22. The lowest BCUT2D eigenvalue weighted by Gasteiger charge is -2.43. The van der Waals surface area contributed by atoms with Crippen molar-refractivity contribution >= 4 is 17.0 Å². The molecule has 192 valence electrons. The SMILES string of the molecule is CCc1cc2c(cc1N1CCC(N3CCC(O)CC3)CC1)C(C)(C)C1=C(C2=O)c2ccc(C#N)cc2C1. The first-order chi connectivity index (χ1) is 17.8. The molecule has 4 aliphatic rings. The number of allylic oxidation sites excluding steroid dienone is 2. The normalized spacial score (nSPS) is 22.0. The van der Waals surface area contributed by atoms with E-state index in [1.807, 2.05) is 18.2 Å². The van der Waals surface area contributed by atoms with E-state index in [2.05, 4.69) is 48.8 Å². The average Bonchev–Trinajstić information content (AvgIpc) is 3.32. The summed E-state index contributed by atoms with van der Waals surface area (Å²) in [6, 6.07) is 13.1. The van der Waals surface area contributed by atoms with Crippen molar-refractivity contribution in [3.8, 4) is 6.07 Å². The highest BCUT2D eigenvalue weighted by Crippen LogP contribution is 2.51. The molecule has 0 saturated carbocycles. The Morgan fingerprint density at radius 3 is 2.43 bits per heavy atom. The number of benzene rings is 2. The van der Waals surface area contributed by atoms with E-state index in [0.29, 0.717) is 11.6 Å². The highest BCUT2D eigenvalue weighted by Gasteiger charge is 2.43. The number of nitrogens with zero attached hydrogens (tertiary/aromatic N) is 3. The second-order valence-electron chi connectivity index (χ2n) is 11.8. The molecule has 1 N–H and O–H groups in total. The fraction of sp³-hybridized carbons (Fsp3) is 0.500. The first-order valence-electron chi connectivity index (χ1n) is 14.0. The molecule has 0 spiro atoms. The predicted molar refractivity (Wildman–Crippen MR) is 147 cm³/mol. The second-order valence-corrected chi connectivity index (χ2v) is 11.8. The number of rotatable bonds is 3. The van der Waals surface area contributed by atoms with Gasteiger partial charge in [-0.3, -0.25) is 4.79 Å². The summed E-state index contributed by atoms with van der Waals surface area (Å²) in [6.45, 7) is 10.8. The Labute approximate surface area is 220 Å². The maximum Gasteiger partial charge on any atom is 0.193 e. The zero-order valence-electron chi connectivity index (χ0n) is 22.3. The molecule has 37 heavy (non-hydrogen) atoms. The molecule has 0 aromatic heterocycles. The van der Waals surface area contributed by atoms with Crippen LogP contribution in [0.3, 0.4) is 0 Å². The molecule has 2 aromatic carbocycles. The predicted octanol–water partition coefficient (Wildman–Crippen LogP) is 5.03. The van der Waals surface area contributed by atoms with Crippen molar-refractivity contribution in [1.82, 2.24) is 4.90 Å². The van der Waals surface area contributed by atoms with Gasteiger partial charge in [-0.25, -0.2) is 0 Å². The summed E-state index contributed by atoms with van der Waals surface area (Å²) in [5.74, 6) is 0.139. The lowest BCUT2D eigenvalue weighted by Crippen LogP contribution is -2.48. The van der Waals surface area contributed by atoms with E-state index in [1.165, 1.54) is 16.8 Å². The minimum Gasteiger partial charge on any atom is -0.393 e. The largest absolute Gasteiger partial charge is 0.393 e. The molecule has 0 radical (unpaired) electrons. The number of anilines is 1. The maximum absolute atomic E-state index is 13.9. The number of nitriles is 1. The van der Waals surface area contributed by atoms with Gasteiger partial charge in [0.1, 0.15) is 0 Å². The molecule has 0 atom stereocenters. The Balaban J connectivity index is 1.30. The van der Waals surface area contributed by atoms with Gasteiger partial charge in [0.2, 0.25) is 0 Å². The molecule has 6 rings (SSSR count). The summed E-state index contributed by atoms with van der Waals surface area (Å²) in [7, 11) is 0. The van der Waals surface area contributed by atoms with Gasteiger partial charge in [-0.05, 0) is 90.6 Å². The summed E-state index contributed by atoms with van der Waals surface area (Å²) >= 11 is 0. The number of piperidine rings is 2. The molecule has 5 heteroatoms. The first-order valence-corrected chi connectivity index (χ1v) is 14.0. The van der Waals surface area contributed by atoms with Crippen LogP contribution in [0.25, 0.3) is 5.57 Å². The van der Waals surface area contributed by atoms with Gasteiger partial charge >= 0.3 is 0 Å². The molecule has 2 aliphatic heterocycles. The number of hydrogen-bond donors (Lipinski definition) is 1. The van der Waals surface area contributed by atoms with Crippen LogP contribution < -0.4 is 4.90 Å². The summed E-state index contributed by atoms with van der Waals surface area (Å²) in [6.07, 6.45) is 5.59. The molecule has 2 aliphatic carbocycles. The summed E-state index contributed by atoms with van der Waals surface area (Å²) in [5, 5.41) is 19.3. The number of ketones is 1. The molecule has 2 aromatic rings. The van der Waals surface area contributed by atoms with Gasteiger partial charge in [-0.15, -0.1) is 0 Å². The van der Waals surface area contributed by atoms with Crippen molar-refractivity contribution in [3.63, 3.8) is 0 Å². The lowest BCUT2D eigenvalue weighted by atomic mass is 9.68. The van der Waals surface area contributed by atoms with Gasteiger partial charge in [0.25, 0.3) is 0 Å². The number of fused-ring (bicyclic) bond motifs is 3. The Kier molecular flexibility index (Phi) is 6.01. The maximum atomic E-state index is 13.9. The quantitative estimate of drug-likeness (QED) is 0.647. The van der Waals surface area contributed by atoms with Crippen LogP contribution in [0, 0.1) is 11.3 Å². The highest BCUT2D eigenvalue weighted by molar-refractivity contribution is 6.33. The first kappa shape index (κ1) is 24.4. The summed E-state index contributed by atoms with van der Waals surface area (Å²) in [4.78, 5) is 19.1. The Morgan fingerprint density at radius 2 is 1.76 bits per heavy atom. The third kappa shape index (κ3) is 3.93. The number of carbonyl (C=O) groups is 1. The standard InChI is InChI=1S/C32H37N3O2/c1-4-21-16-26-27(18-29(21)35-11-7-23(8-12-35)34-13-9-24(36)10-14-34)32(2,3)28-17-22-15-20(19-33)5-6-25(22)30(28)31(26)37/h5-6,15-16,18,23-24,36H,4,7-14,17H2,1-3H3. The Bertz CT molecular complexity index is 1330. The van der Waals surface area contributed by atoms with Gasteiger partial charge in [-0.1, -0.05) is 26.8 Å². The minimum atomic E-state index is -0.252. The van der Waals surface area contributed by atoms with Crippen LogP contribution >= 0.6 is 0 Å². The number of hydrogen-bond acceptors (Lipinski definition) is 5. The van der Waals surface area contributed by atoms with E-state index in [9.17, 15) is 15.2 Å². The molecule has 5 nitrogen and oxygen atoms in total. The van der Waals surface area contributed by atoms with Crippen LogP contribution in [0.1, 0.15) is 84.6 Å². The highest BCUT2D eigenvalue weighted by atomic mass is 16.3. The molecular formula is C32H37N3O2. The molecule has 2 saturated heterocycles. The minimum absolute atomic E-state index is 0.123. The van der Waals surface area contributed by atoms with Crippen LogP contribution in [0.4, 0.5) is 5.69 Å². The van der Waals surface area contributed by atoms with Gasteiger partial charge in [-0.2, -0.15) is 5.26 Å². The van der Waals surface area contributed by atoms with Gasteiger partial charge in [0.05, 0.1) is 17.7 Å². The summed E-state index contributed by atoms with van der Waals surface area (Å²) in [5.41, 5.74) is 9.10. The monoisotopic (exact) mass is 495 g/mol. The van der Waals surface area contributed by atoms with Gasteiger partial charge in [0, 0.05) is 54.5 Å². The van der Waals surface area contributed by atoms with Crippen LogP contribution in [0.5, 0.6) is 0 Å². The Morgan fingerprint density at radius 1 is 1.03 bits per heavy atom. The number of carbonyl (C=O) groups excluding carboxylic acids is 1. The van der Waals surface area contributed by atoms with Crippen molar-refractivity contribution in [1.29, 1.82) is 5.26 Å². The smallest absolute Gasteiger partial charge is 0.193 e. The zero-order chi connectivity index (χ0) is 25.9. The van der Waals surface area contributed by atoms with Crippen molar-refractivity contribution in [3.05, 3.63) is 69.3 Å². The van der Waals surface area contributed by atoms with E-state index in [4.69, 9.17) is 0 Å². The van der Waals surface area contributed by atoms with Crippen LogP contribution in [-0.2, 0) is 18.3 Å².